The zero-order chi connectivity index (χ0) is 28.2. The Morgan fingerprint density at radius 2 is 2.13 bits per heavy atom. The van der Waals surface area contributed by atoms with Crippen LogP contribution >= 0.6 is 21.8 Å². The first-order valence-corrected chi connectivity index (χ1v) is 14.1. The highest BCUT2D eigenvalue weighted by Crippen LogP contribution is 2.44. The summed E-state index contributed by atoms with van der Waals surface area (Å²) in [6.45, 7) is 4.57. The van der Waals surface area contributed by atoms with E-state index in [1.807, 2.05) is 18.9 Å². The number of nitrogens with zero attached hydrogens (tertiary/aromatic N) is 7. The molecule has 1 atom stereocenters. The SMILES string of the molecule is CCCSSN(C(C)=O)c1cc(O)n(C(CCN)N(C)CCCNc2ccc(N=[N+]=[N-])cc2[N+](=O)[O-])c1O. The average Bonchev–Trinajstić information content (AvgIpc) is 3.16. The molecular weight excluding hydrogens is 534 g/mol. The van der Waals surface area contributed by atoms with Gasteiger partial charge in [0.05, 0.1) is 11.1 Å². The summed E-state index contributed by atoms with van der Waals surface area (Å²) < 4.78 is 2.69. The van der Waals surface area contributed by atoms with E-state index in [1.165, 1.54) is 61.8 Å². The van der Waals surface area contributed by atoms with E-state index in [-0.39, 0.29) is 41.3 Å². The Morgan fingerprint density at radius 3 is 2.74 bits per heavy atom. The number of carbonyl (C=O) groups is 1. The van der Waals surface area contributed by atoms with Crippen molar-refractivity contribution in [3.63, 3.8) is 0 Å². The van der Waals surface area contributed by atoms with Crippen LogP contribution < -0.4 is 15.4 Å². The molecule has 0 aliphatic rings. The van der Waals surface area contributed by atoms with Crippen molar-refractivity contribution in [1.82, 2.24) is 9.47 Å². The Kier molecular flexibility index (Phi) is 12.4. The molecule has 208 valence electrons. The molecule has 1 aromatic carbocycles. The van der Waals surface area contributed by atoms with Crippen molar-refractivity contribution in [2.45, 2.75) is 39.3 Å². The lowest BCUT2D eigenvalue weighted by atomic mass is 10.2. The summed E-state index contributed by atoms with van der Waals surface area (Å²) in [7, 11) is 4.48. The number of hydrogen-bond donors (Lipinski definition) is 4. The largest absolute Gasteiger partial charge is 0.494 e. The number of benzene rings is 1. The van der Waals surface area contributed by atoms with Gasteiger partial charge >= 0.3 is 0 Å². The van der Waals surface area contributed by atoms with Crippen molar-refractivity contribution in [3.05, 3.63) is 44.8 Å². The summed E-state index contributed by atoms with van der Waals surface area (Å²) >= 11 is 0. The average molecular weight is 568 g/mol. The van der Waals surface area contributed by atoms with Crippen LogP contribution in [0.5, 0.6) is 11.8 Å². The lowest BCUT2D eigenvalue weighted by Crippen LogP contribution is -2.32. The number of carbonyl (C=O) groups excluding carboxylic acids is 1. The zero-order valence-corrected chi connectivity index (χ0v) is 23.1. The maximum Gasteiger partial charge on any atom is 0.292 e. The summed E-state index contributed by atoms with van der Waals surface area (Å²) in [5.74, 6) is 0.0724. The highest BCUT2D eigenvalue weighted by molar-refractivity contribution is 8.77. The monoisotopic (exact) mass is 567 g/mol. The molecule has 2 aromatic rings. The van der Waals surface area contributed by atoms with Crippen molar-refractivity contribution in [3.8, 4) is 11.8 Å². The molecule has 0 spiro atoms. The third-order valence-corrected chi connectivity index (χ3v) is 8.01. The third kappa shape index (κ3) is 8.10. The zero-order valence-electron chi connectivity index (χ0n) is 21.5. The van der Waals surface area contributed by atoms with Gasteiger partial charge in [0.25, 0.3) is 5.69 Å². The molecule has 16 heteroatoms. The molecule has 0 bridgehead atoms. The summed E-state index contributed by atoms with van der Waals surface area (Å²) in [6, 6.07) is 5.52. The van der Waals surface area contributed by atoms with Gasteiger partial charge in [0.1, 0.15) is 11.4 Å². The predicted molar refractivity (Wildman–Crippen MR) is 152 cm³/mol. The van der Waals surface area contributed by atoms with Gasteiger partial charge in [0, 0.05) is 59.5 Å². The van der Waals surface area contributed by atoms with Crippen LogP contribution in [0.1, 0.15) is 39.3 Å². The fraction of sp³-hybridized carbons (Fsp3) is 0.500. The standard InChI is InChI=1S/C22H33N9O5S2/c1-4-12-37-38-30(15(2)32)19-14-21(33)29(22(19)34)20(8-9-23)28(3)11-5-10-25-17-7-6-16(26-27-24)13-18(17)31(35)36/h6-7,13-14,20,25,33-34H,4-5,8-12,23H2,1-3H3. The maximum atomic E-state index is 12.2. The molecule has 0 saturated carbocycles. The van der Waals surface area contributed by atoms with Crippen LogP contribution in [0.4, 0.5) is 22.7 Å². The van der Waals surface area contributed by atoms with Crippen LogP contribution in [0.2, 0.25) is 0 Å². The molecule has 5 N–H and O–H groups in total. The smallest absolute Gasteiger partial charge is 0.292 e. The summed E-state index contributed by atoms with van der Waals surface area (Å²) in [6.07, 6.45) is 1.39. The van der Waals surface area contributed by atoms with Crippen molar-refractivity contribution in [1.29, 1.82) is 0 Å². The molecular formula is C22H33N9O5S2. The van der Waals surface area contributed by atoms with Gasteiger partial charge in [0.2, 0.25) is 11.8 Å². The fourth-order valence-electron chi connectivity index (χ4n) is 3.70. The Bertz CT molecular complexity index is 1160. The second-order valence-electron chi connectivity index (χ2n) is 8.26. The van der Waals surface area contributed by atoms with Crippen molar-refractivity contribution in [2.24, 2.45) is 10.8 Å². The lowest BCUT2D eigenvalue weighted by Gasteiger charge is -2.30. The summed E-state index contributed by atoms with van der Waals surface area (Å²) in [5.41, 5.74) is 14.8. The molecule has 0 aliphatic heterocycles. The van der Waals surface area contributed by atoms with Gasteiger partial charge in [0.15, 0.2) is 5.88 Å². The molecule has 0 radical (unpaired) electrons. The topological polar surface area (TPSA) is 199 Å². The molecule has 1 heterocycles. The number of amides is 1. The van der Waals surface area contributed by atoms with E-state index in [0.29, 0.717) is 31.6 Å². The molecule has 0 saturated heterocycles. The number of aromatic hydroxyl groups is 2. The van der Waals surface area contributed by atoms with Crippen molar-refractivity contribution in [2.75, 3.05) is 42.1 Å². The summed E-state index contributed by atoms with van der Waals surface area (Å²) in [5, 5.41) is 39.5. The lowest BCUT2D eigenvalue weighted by molar-refractivity contribution is -0.383. The van der Waals surface area contributed by atoms with E-state index in [0.717, 1.165) is 12.2 Å². The van der Waals surface area contributed by atoms with Crippen LogP contribution in [0.3, 0.4) is 0 Å². The van der Waals surface area contributed by atoms with Gasteiger partial charge in [-0.05, 0) is 44.5 Å². The van der Waals surface area contributed by atoms with Crippen molar-refractivity contribution < 1.29 is 19.9 Å². The Morgan fingerprint density at radius 1 is 1.39 bits per heavy atom. The van der Waals surface area contributed by atoms with Gasteiger partial charge < -0.3 is 21.3 Å². The Hall–Kier alpha value is -3.30. The second-order valence-corrected chi connectivity index (χ2v) is 10.6. The van der Waals surface area contributed by atoms with Crippen LogP contribution in [-0.2, 0) is 4.79 Å². The van der Waals surface area contributed by atoms with E-state index < -0.39 is 11.1 Å². The number of nitrogens with one attached hydrogen (secondary N) is 1. The molecule has 1 amide bonds. The van der Waals surface area contributed by atoms with Gasteiger partial charge in [-0.15, -0.1) is 0 Å². The van der Waals surface area contributed by atoms with Gasteiger partial charge in [-0.3, -0.25) is 24.4 Å². The normalized spacial score (nSPS) is 11.7. The highest BCUT2D eigenvalue weighted by atomic mass is 33.1. The van der Waals surface area contributed by atoms with E-state index in [4.69, 9.17) is 11.3 Å². The number of nitrogens with two attached hydrogens (primary N) is 1. The minimum absolute atomic E-state index is 0.144. The number of anilines is 2. The molecule has 0 aliphatic carbocycles. The Labute approximate surface area is 228 Å². The van der Waals surface area contributed by atoms with Crippen LogP contribution in [0.25, 0.3) is 10.4 Å². The van der Waals surface area contributed by atoms with E-state index in [2.05, 4.69) is 15.3 Å². The minimum atomic E-state index is -0.555. The van der Waals surface area contributed by atoms with E-state index >= 15 is 0 Å². The third-order valence-electron chi connectivity index (χ3n) is 5.46. The predicted octanol–water partition coefficient (Wildman–Crippen LogP) is 5.09. The number of nitro groups is 1. The first-order chi connectivity index (χ1) is 18.2. The number of nitro benzene ring substituents is 1. The highest BCUT2D eigenvalue weighted by Gasteiger charge is 2.28. The first kappa shape index (κ1) is 30.9. The van der Waals surface area contributed by atoms with Crippen LogP contribution in [-0.4, -0.2) is 62.9 Å². The van der Waals surface area contributed by atoms with E-state index in [9.17, 15) is 25.1 Å². The first-order valence-electron chi connectivity index (χ1n) is 11.9. The minimum Gasteiger partial charge on any atom is -0.494 e. The quantitative estimate of drug-likeness (QED) is 0.0309. The van der Waals surface area contributed by atoms with Crippen LogP contribution in [0.15, 0.2) is 29.4 Å². The number of hydrogen-bond acceptors (Lipinski definition) is 11. The number of azide groups is 1. The van der Waals surface area contributed by atoms with Gasteiger partial charge in [-0.25, -0.2) is 4.31 Å². The molecule has 1 aromatic heterocycles. The van der Waals surface area contributed by atoms with E-state index in [1.54, 1.807) is 0 Å². The molecule has 38 heavy (non-hydrogen) atoms. The van der Waals surface area contributed by atoms with Gasteiger partial charge in [-0.1, -0.05) is 28.9 Å². The molecule has 1 unspecified atom stereocenters. The molecule has 2 rings (SSSR count). The second kappa shape index (κ2) is 15.2. The van der Waals surface area contributed by atoms with Gasteiger partial charge in [-0.2, -0.15) is 0 Å². The van der Waals surface area contributed by atoms with Crippen molar-refractivity contribution >= 4 is 50.4 Å². The fourth-order valence-corrected chi connectivity index (χ4v) is 5.96. The summed E-state index contributed by atoms with van der Waals surface area (Å²) in [4.78, 5) is 27.6. The molecule has 14 nitrogen and oxygen atoms in total. The maximum absolute atomic E-state index is 12.2. The number of rotatable bonds is 16. The Balaban J connectivity index is 2.14. The van der Waals surface area contributed by atoms with Crippen LogP contribution in [0, 0.1) is 10.1 Å². The number of aromatic nitrogens is 1. The molecule has 0 fully saturated rings.